The summed E-state index contributed by atoms with van der Waals surface area (Å²) in [5.74, 6) is 0.429. The molecule has 294 valence electrons. The standard InChI is InChI=1S/C51H78O2/c1-40(2)19-11-20-41(3)21-12-22-42(4)23-13-24-43(5)25-14-26-44(6)27-15-28-45(7)29-16-30-46(8)31-17-32-47(9)33-18-34-48(10)35-36-49-39-50(52)37-38-51(49)53/h19,21,23,25,27,29,31,33,35,37-39,52-53H,11-18,20,22,24,26,28,30,32,34,36H2,1-10H3. The van der Waals surface area contributed by atoms with Gasteiger partial charge in [-0.05, 0) is 197 Å². The summed E-state index contributed by atoms with van der Waals surface area (Å²) < 4.78 is 0. The molecule has 2 nitrogen and oxygen atoms in total. The number of rotatable bonds is 26. The number of aromatic hydroxyl groups is 2. The molecule has 0 spiro atoms. The minimum atomic E-state index is 0.192. The Morgan fingerprint density at radius 2 is 0.642 bits per heavy atom. The van der Waals surface area contributed by atoms with Gasteiger partial charge in [0.25, 0.3) is 0 Å². The molecular weight excluding hydrogens is 645 g/mol. The van der Waals surface area contributed by atoms with Gasteiger partial charge in [0.05, 0.1) is 0 Å². The van der Waals surface area contributed by atoms with E-state index in [2.05, 4.69) is 124 Å². The normalized spacial score (nSPS) is 14.3. The second-order valence-electron chi connectivity index (χ2n) is 16.0. The van der Waals surface area contributed by atoms with Crippen LogP contribution in [0.4, 0.5) is 0 Å². The second-order valence-corrected chi connectivity index (χ2v) is 16.0. The molecule has 1 aromatic carbocycles. The maximum atomic E-state index is 9.97. The molecule has 0 saturated heterocycles. The molecule has 0 heterocycles. The van der Waals surface area contributed by atoms with Gasteiger partial charge in [-0.25, -0.2) is 0 Å². The van der Waals surface area contributed by atoms with Gasteiger partial charge >= 0.3 is 0 Å². The number of benzene rings is 1. The van der Waals surface area contributed by atoms with Crippen molar-refractivity contribution in [3.8, 4) is 11.5 Å². The van der Waals surface area contributed by atoms with Gasteiger partial charge in [-0.15, -0.1) is 0 Å². The molecule has 1 aromatic rings. The Morgan fingerprint density at radius 1 is 0.377 bits per heavy atom. The molecule has 0 bridgehead atoms. The Kier molecular flexibility index (Phi) is 25.9. The summed E-state index contributed by atoms with van der Waals surface area (Å²) >= 11 is 0. The molecule has 2 N–H and O–H groups in total. The lowest BCUT2D eigenvalue weighted by molar-refractivity contribution is 0.455. The van der Waals surface area contributed by atoms with Crippen LogP contribution in [0, 0.1) is 0 Å². The van der Waals surface area contributed by atoms with E-state index in [1.54, 1.807) is 12.1 Å². The minimum absolute atomic E-state index is 0.192. The van der Waals surface area contributed by atoms with E-state index in [0.717, 1.165) is 89.0 Å². The van der Waals surface area contributed by atoms with Gasteiger partial charge in [0.15, 0.2) is 0 Å². The Hall–Kier alpha value is -3.52. The molecule has 0 aliphatic heterocycles. The molecule has 0 amide bonds. The average Bonchev–Trinajstić information content (AvgIpc) is 3.08. The van der Waals surface area contributed by atoms with E-state index in [1.807, 2.05) is 0 Å². The van der Waals surface area contributed by atoms with Crippen molar-refractivity contribution in [2.45, 2.75) is 178 Å². The summed E-state index contributed by atoms with van der Waals surface area (Å²) in [5.41, 5.74) is 14.0. The van der Waals surface area contributed by atoms with Crippen molar-refractivity contribution in [3.05, 3.63) is 129 Å². The summed E-state index contributed by atoms with van der Waals surface area (Å²) in [6, 6.07) is 4.69. The maximum absolute atomic E-state index is 9.97. The topological polar surface area (TPSA) is 40.5 Å². The third kappa shape index (κ3) is 26.8. The van der Waals surface area contributed by atoms with Crippen LogP contribution in [0.25, 0.3) is 0 Å². The van der Waals surface area contributed by atoms with Crippen molar-refractivity contribution in [1.82, 2.24) is 0 Å². The maximum Gasteiger partial charge on any atom is 0.119 e. The monoisotopic (exact) mass is 723 g/mol. The van der Waals surface area contributed by atoms with Crippen LogP contribution in [0.15, 0.2) is 123 Å². The Labute approximate surface area is 327 Å². The molecule has 1 rings (SSSR count). The molecule has 0 aromatic heterocycles. The molecule has 0 aliphatic carbocycles. The van der Waals surface area contributed by atoms with Crippen molar-refractivity contribution in [1.29, 1.82) is 0 Å². The van der Waals surface area contributed by atoms with Crippen LogP contribution < -0.4 is 0 Å². The Morgan fingerprint density at radius 3 is 0.925 bits per heavy atom. The molecule has 0 fully saturated rings. The van der Waals surface area contributed by atoms with Gasteiger partial charge in [-0.1, -0.05) is 105 Å². The molecule has 0 unspecified atom stereocenters. The zero-order chi connectivity index (χ0) is 39.4. The van der Waals surface area contributed by atoms with Crippen molar-refractivity contribution in [2.75, 3.05) is 0 Å². The second kappa shape index (κ2) is 28.9. The van der Waals surface area contributed by atoms with E-state index in [-0.39, 0.29) is 11.5 Å². The van der Waals surface area contributed by atoms with Gasteiger partial charge < -0.3 is 10.2 Å². The summed E-state index contributed by atoms with van der Waals surface area (Å²) in [6.07, 6.45) is 40.3. The van der Waals surface area contributed by atoms with Crippen LogP contribution in [-0.2, 0) is 6.42 Å². The van der Waals surface area contributed by atoms with E-state index in [9.17, 15) is 10.2 Å². The lowest BCUT2D eigenvalue weighted by atomic mass is 10.0. The molecular formula is C51H78O2. The molecule has 53 heavy (non-hydrogen) atoms. The van der Waals surface area contributed by atoms with E-state index < -0.39 is 0 Å². The van der Waals surface area contributed by atoms with Crippen molar-refractivity contribution >= 4 is 0 Å². The highest BCUT2D eigenvalue weighted by Crippen LogP contribution is 2.24. The first kappa shape index (κ1) is 47.5. The van der Waals surface area contributed by atoms with Crippen LogP contribution in [0.3, 0.4) is 0 Å². The Bertz CT molecular complexity index is 1490. The van der Waals surface area contributed by atoms with Crippen LogP contribution in [-0.4, -0.2) is 10.2 Å². The number of hydrogen-bond donors (Lipinski definition) is 2. The first-order chi connectivity index (χ1) is 25.2. The lowest BCUT2D eigenvalue weighted by Crippen LogP contribution is -1.86. The molecule has 0 radical (unpaired) electrons. The molecule has 0 atom stereocenters. The number of hydrogen-bond acceptors (Lipinski definition) is 2. The average molecular weight is 723 g/mol. The summed E-state index contributed by atoms with van der Waals surface area (Å²) in [7, 11) is 0. The number of phenols is 2. The van der Waals surface area contributed by atoms with Gasteiger partial charge in [0.1, 0.15) is 11.5 Å². The fraction of sp³-hybridized carbons (Fsp3) is 0.529. The largest absolute Gasteiger partial charge is 0.508 e. The minimum Gasteiger partial charge on any atom is -0.508 e. The third-order valence-corrected chi connectivity index (χ3v) is 10.0. The smallest absolute Gasteiger partial charge is 0.119 e. The predicted octanol–water partition coefficient (Wildman–Crippen LogP) is 16.4. The van der Waals surface area contributed by atoms with Crippen molar-refractivity contribution in [3.63, 3.8) is 0 Å². The fourth-order valence-corrected chi connectivity index (χ4v) is 6.25. The van der Waals surface area contributed by atoms with E-state index in [1.165, 1.54) is 75.5 Å². The SMILES string of the molecule is CC(C)=CCCC(C)=CCCC(C)=CCCC(C)=CCCC(C)=CCCC(C)=CCCC(C)=CCCC(C)=CCCC(C)=CCc1cc(O)ccc1O. The zero-order valence-electron chi connectivity index (χ0n) is 35.8. The fourth-order valence-electron chi connectivity index (χ4n) is 6.25. The lowest BCUT2D eigenvalue weighted by Gasteiger charge is -2.05. The van der Waals surface area contributed by atoms with Gasteiger partial charge in [0.2, 0.25) is 0 Å². The highest BCUT2D eigenvalue weighted by molar-refractivity contribution is 5.40. The third-order valence-electron chi connectivity index (χ3n) is 10.0. The first-order valence-corrected chi connectivity index (χ1v) is 20.6. The number of allylic oxidation sites excluding steroid dienone is 18. The van der Waals surface area contributed by atoms with Gasteiger partial charge in [-0.3, -0.25) is 0 Å². The number of phenolic OH excluding ortho intramolecular Hbond substituents is 2. The van der Waals surface area contributed by atoms with Gasteiger partial charge in [-0.2, -0.15) is 0 Å². The van der Waals surface area contributed by atoms with Crippen LogP contribution in [0.1, 0.15) is 178 Å². The zero-order valence-corrected chi connectivity index (χ0v) is 35.8. The van der Waals surface area contributed by atoms with Crippen LogP contribution in [0.2, 0.25) is 0 Å². The highest BCUT2D eigenvalue weighted by Gasteiger charge is 2.02. The molecule has 0 aliphatic rings. The van der Waals surface area contributed by atoms with Crippen LogP contribution >= 0.6 is 0 Å². The summed E-state index contributed by atoms with van der Waals surface area (Å²) in [5, 5.41) is 19.6. The van der Waals surface area contributed by atoms with E-state index in [4.69, 9.17) is 0 Å². The Balaban J connectivity index is 2.24. The first-order valence-electron chi connectivity index (χ1n) is 20.6. The predicted molar refractivity (Wildman–Crippen MR) is 237 cm³/mol. The summed E-state index contributed by atoms with van der Waals surface area (Å²) in [6.45, 7) is 22.5. The molecule has 0 saturated carbocycles. The van der Waals surface area contributed by atoms with Crippen molar-refractivity contribution in [2.24, 2.45) is 0 Å². The quantitative estimate of drug-likeness (QED) is 0.0738. The van der Waals surface area contributed by atoms with Crippen LogP contribution in [0.5, 0.6) is 11.5 Å². The van der Waals surface area contributed by atoms with Gasteiger partial charge in [0, 0.05) is 5.56 Å². The van der Waals surface area contributed by atoms with E-state index in [0.29, 0.717) is 6.42 Å². The van der Waals surface area contributed by atoms with E-state index >= 15 is 0 Å². The highest BCUT2D eigenvalue weighted by atomic mass is 16.3. The molecule has 2 heteroatoms. The van der Waals surface area contributed by atoms with Crippen molar-refractivity contribution < 1.29 is 10.2 Å². The summed E-state index contributed by atoms with van der Waals surface area (Å²) in [4.78, 5) is 0.